The third-order valence-electron chi connectivity index (χ3n) is 6.58. The number of piperidine rings is 1. The molecule has 1 fully saturated rings. The van der Waals surface area contributed by atoms with Crippen LogP contribution in [0, 0.1) is 0 Å². The highest BCUT2D eigenvalue weighted by atomic mass is 16.5. The van der Waals surface area contributed by atoms with Crippen molar-refractivity contribution < 1.29 is 9.53 Å². The first kappa shape index (κ1) is 22.9. The third kappa shape index (κ3) is 5.95. The maximum atomic E-state index is 12.7. The molecule has 7 heteroatoms. The van der Waals surface area contributed by atoms with E-state index in [0.717, 1.165) is 74.7 Å². The molecule has 174 valence electrons. The molecule has 1 aromatic carbocycles. The van der Waals surface area contributed by atoms with Crippen molar-refractivity contribution in [1.82, 2.24) is 25.0 Å². The van der Waals surface area contributed by atoms with E-state index in [-0.39, 0.29) is 5.91 Å². The van der Waals surface area contributed by atoms with Gasteiger partial charge in [0.15, 0.2) is 0 Å². The molecule has 0 bridgehead atoms. The number of rotatable bonds is 9. The van der Waals surface area contributed by atoms with Crippen LogP contribution in [0.3, 0.4) is 0 Å². The van der Waals surface area contributed by atoms with E-state index >= 15 is 0 Å². The first-order valence-corrected chi connectivity index (χ1v) is 12.3. The standard InChI is InChI=1S/C25H37N5O2/c1-2-15-32-19-22-10-6-5-9-20(22)16-26-24(31)18-29-13-8-11-21(17-29)25-28-27-23-12-4-3-7-14-30(23)25/h5-6,9-10,21H,2-4,7-8,11-19H2,1H3,(H,26,31). The van der Waals surface area contributed by atoms with Crippen LogP contribution in [-0.2, 0) is 35.6 Å². The van der Waals surface area contributed by atoms with E-state index < -0.39 is 0 Å². The van der Waals surface area contributed by atoms with E-state index in [4.69, 9.17) is 4.74 Å². The molecular weight excluding hydrogens is 402 g/mol. The molecule has 1 aromatic heterocycles. The lowest BCUT2D eigenvalue weighted by atomic mass is 9.97. The number of carbonyl (C=O) groups excluding carboxylic acids is 1. The molecule has 0 radical (unpaired) electrons. The number of likely N-dealkylation sites (tertiary alicyclic amines) is 1. The minimum atomic E-state index is 0.0787. The van der Waals surface area contributed by atoms with Gasteiger partial charge in [0.2, 0.25) is 5.91 Å². The van der Waals surface area contributed by atoms with Crippen LogP contribution in [0.4, 0.5) is 0 Å². The minimum Gasteiger partial charge on any atom is -0.377 e. The van der Waals surface area contributed by atoms with Crippen molar-refractivity contribution in [1.29, 1.82) is 0 Å². The van der Waals surface area contributed by atoms with Crippen LogP contribution in [0.5, 0.6) is 0 Å². The molecule has 32 heavy (non-hydrogen) atoms. The number of aryl methyl sites for hydroxylation is 1. The number of aromatic nitrogens is 3. The maximum Gasteiger partial charge on any atom is 0.234 e. The summed E-state index contributed by atoms with van der Waals surface area (Å²) in [6.07, 6.45) is 7.96. The first-order chi connectivity index (χ1) is 15.7. The van der Waals surface area contributed by atoms with Crippen LogP contribution in [0.1, 0.15) is 74.1 Å². The molecule has 7 nitrogen and oxygen atoms in total. The van der Waals surface area contributed by atoms with Gasteiger partial charge in [-0.1, -0.05) is 37.6 Å². The molecule has 1 saturated heterocycles. The average molecular weight is 440 g/mol. The number of nitrogens with zero attached hydrogens (tertiary/aromatic N) is 4. The SMILES string of the molecule is CCCOCc1ccccc1CNC(=O)CN1CCCC(c2nnc3n2CCCCC3)C1. The summed E-state index contributed by atoms with van der Waals surface area (Å²) in [5.41, 5.74) is 2.27. The van der Waals surface area contributed by atoms with Gasteiger partial charge in [-0.25, -0.2) is 0 Å². The second-order valence-corrected chi connectivity index (χ2v) is 9.11. The Balaban J connectivity index is 1.29. The molecule has 0 aliphatic carbocycles. The highest BCUT2D eigenvalue weighted by Crippen LogP contribution is 2.27. The van der Waals surface area contributed by atoms with E-state index in [0.29, 0.717) is 25.6 Å². The van der Waals surface area contributed by atoms with Crippen molar-refractivity contribution in [2.45, 2.75) is 77.5 Å². The summed E-state index contributed by atoms with van der Waals surface area (Å²) in [5, 5.41) is 12.2. The van der Waals surface area contributed by atoms with Gasteiger partial charge < -0.3 is 14.6 Å². The number of benzene rings is 1. The molecule has 1 N–H and O–H groups in total. The summed E-state index contributed by atoms with van der Waals surface area (Å²) >= 11 is 0. The largest absolute Gasteiger partial charge is 0.377 e. The molecule has 2 aliphatic rings. The Hall–Kier alpha value is -2.25. The molecule has 0 spiro atoms. The zero-order chi connectivity index (χ0) is 22.2. The molecule has 1 atom stereocenters. The van der Waals surface area contributed by atoms with E-state index in [1.54, 1.807) is 0 Å². The quantitative estimate of drug-likeness (QED) is 0.606. The predicted octanol–water partition coefficient (Wildman–Crippen LogP) is 3.43. The van der Waals surface area contributed by atoms with Crippen LogP contribution in [-0.4, -0.2) is 51.8 Å². The summed E-state index contributed by atoms with van der Waals surface area (Å²) in [5.74, 6) is 2.73. The van der Waals surface area contributed by atoms with Gasteiger partial charge in [0.05, 0.1) is 13.2 Å². The second kappa shape index (κ2) is 11.6. The average Bonchev–Trinajstić information content (AvgIpc) is 3.07. The molecule has 2 aliphatic heterocycles. The van der Waals surface area contributed by atoms with E-state index in [9.17, 15) is 4.79 Å². The van der Waals surface area contributed by atoms with E-state index in [2.05, 4.69) is 44.0 Å². The van der Waals surface area contributed by atoms with Gasteiger partial charge in [-0.05, 0) is 49.8 Å². The first-order valence-electron chi connectivity index (χ1n) is 12.3. The zero-order valence-corrected chi connectivity index (χ0v) is 19.4. The number of hydrogen-bond acceptors (Lipinski definition) is 5. The molecule has 0 saturated carbocycles. The Morgan fingerprint density at radius 1 is 1.12 bits per heavy atom. The fourth-order valence-electron chi connectivity index (χ4n) is 4.87. The fraction of sp³-hybridized carbons (Fsp3) is 0.640. The molecule has 1 unspecified atom stereocenters. The third-order valence-corrected chi connectivity index (χ3v) is 6.58. The number of fused-ring (bicyclic) bond motifs is 1. The Kier molecular flexibility index (Phi) is 8.29. The van der Waals surface area contributed by atoms with Crippen LogP contribution in [0.2, 0.25) is 0 Å². The summed E-state index contributed by atoms with van der Waals surface area (Å²) in [4.78, 5) is 15.0. The van der Waals surface area contributed by atoms with Gasteiger partial charge in [-0.2, -0.15) is 0 Å². The molecule has 2 aromatic rings. The zero-order valence-electron chi connectivity index (χ0n) is 19.4. The van der Waals surface area contributed by atoms with Crippen molar-refractivity contribution in [3.63, 3.8) is 0 Å². The lowest BCUT2D eigenvalue weighted by molar-refractivity contribution is -0.122. The Morgan fingerprint density at radius 3 is 2.88 bits per heavy atom. The topological polar surface area (TPSA) is 72.3 Å². The van der Waals surface area contributed by atoms with Gasteiger partial charge >= 0.3 is 0 Å². The summed E-state index contributed by atoms with van der Waals surface area (Å²) in [7, 11) is 0. The smallest absolute Gasteiger partial charge is 0.234 e. The van der Waals surface area contributed by atoms with E-state index in [1.165, 1.54) is 19.3 Å². The van der Waals surface area contributed by atoms with Crippen LogP contribution in [0.25, 0.3) is 0 Å². The van der Waals surface area contributed by atoms with Crippen LogP contribution < -0.4 is 5.32 Å². The Labute approximate surface area is 191 Å². The highest BCUT2D eigenvalue weighted by Gasteiger charge is 2.28. The van der Waals surface area contributed by atoms with Gasteiger partial charge in [-0.15, -0.1) is 10.2 Å². The van der Waals surface area contributed by atoms with Gasteiger partial charge in [-0.3, -0.25) is 9.69 Å². The summed E-state index contributed by atoms with van der Waals surface area (Å²) < 4.78 is 8.06. The second-order valence-electron chi connectivity index (χ2n) is 9.11. The van der Waals surface area contributed by atoms with Crippen molar-refractivity contribution in [3.8, 4) is 0 Å². The lowest BCUT2D eigenvalue weighted by Crippen LogP contribution is -2.42. The van der Waals surface area contributed by atoms with Crippen molar-refractivity contribution in [3.05, 3.63) is 47.0 Å². The van der Waals surface area contributed by atoms with E-state index in [1.807, 2.05) is 12.1 Å². The normalized spacial score (nSPS) is 19.3. The monoisotopic (exact) mass is 439 g/mol. The summed E-state index contributed by atoms with van der Waals surface area (Å²) in [6.45, 7) is 7.32. The van der Waals surface area contributed by atoms with Crippen LogP contribution >= 0.6 is 0 Å². The molecule has 3 heterocycles. The Morgan fingerprint density at radius 2 is 2.00 bits per heavy atom. The van der Waals surface area contributed by atoms with Gasteiger partial charge in [0, 0.05) is 38.6 Å². The van der Waals surface area contributed by atoms with Gasteiger partial charge in [0.1, 0.15) is 11.6 Å². The number of ether oxygens (including phenoxy) is 1. The molecular formula is C25H37N5O2. The summed E-state index contributed by atoms with van der Waals surface area (Å²) in [6, 6.07) is 8.18. The highest BCUT2D eigenvalue weighted by molar-refractivity contribution is 5.78. The van der Waals surface area contributed by atoms with Crippen molar-refractivity contribution in [2.24, 2.45) is 0 Å². The number of nitrogens with one attached hydrogen (secondary N) is 1. The fourth-order valence-corrected chi connectivity index (χ4v) is 4.87. The number of hydrogen-bond donors (Lipinski definition) is 1. The Bertz CT molecular complexity index is 881. The number of amides is 1. The number of carbonyl (C=O) groups is 1. The molecule has 1 amide bonds. The predicted molar refractivity (Wildman–Crippen MR) is 124 cm³/mol. The maximum absolute atomic E-state index is 12.7. The van der Waals surface area contributed by atoms with Gasteiger partial charge in [0.25, 0.3) is 0 Å². The van der Waals surface area contributed by atoms with Crippen molar-refractivity contribution in [2.75, 3.05) is 26.2 Å². The van der Waals surface area contributed by atoms with Crippen molar-refractivity contribution >= 4 is 5.91 Å². The lowest BCUT2D eigenvalue weighted by Gasteiger charge is -2.32. The minimum absolute atomic E-state index is 0.0787. The van der Waals surface area contributed by atoms with Crippen LogP contribution in [0.15, 0.2) is 24.3 Å². The molecule has 4 rings (SSSR count).